The first-order valence-electron chi connectivity index (χ1n) is 8.92. The van der Waals surface area contributed by atoms with Crippen molar-refractivity contribution in [3.63, 3.8) is 0 Å². The molecular weight excluding hydrogens is 366 g/mol. The van der Waals surface area contributed by atoms with Gasteiger partial charge in [0.05, 0.1) is 23.4 Å². The van der Waals surface area contributed by atoms with Crippen LogP contribution < -0.4 is 9.72 Å². The number of imidazole rings is 1. The van der Waals surface area contributed by atoms with Crippen molar-refractivity contribution in [1.82, 2.24) is 10.3 Å². The van der Waals surface area contributed by atoms with Crippen molar-refractivity contribution in [2.75, 3.05) is 19.8 Å². The second-order valence-electron chi connectivity index (χ2n) is 6.79. The highest BCUT2D eigenvalue weighted by atomic mass is 35.5. The fourth-order valence-electron chi connectivity index (χ4n) is 3.50. The van der Waals surface area contributed by atoms with E-state index in [-0.39, 0.29) is 12.5 Å². The van der Waals surface area contributed by atoms with E-state index in [0.717, 1.165) is 16.8 Å². The standard InChI is InChI=1S/C20H20ClN3O3/c21-15-6-2-1-5-14(15)17-16-7-3-4-10-24(16)18(22-17)19(26)23-20(13-25)8-11-27-12-9-20/h1-7,10,25H,8-9,11-13H2,(H,23,26)/p+1. The molecule has 1 aliphatic rings. The Morgan fingerprint density at radius 2 is 1.96 bits per heavy atom. The Hall–Kier alpha value is -2.41. The number of hydrogen-bond donors (Lipinski definition) is 3. The lowest BCUT2D eigenvalue weighted by atomic mass is 9.91. The van der Waals surface area contributed by atoms with E-state index in [4.69, 9.17) is 16.3 Å². The van der Waals surface area contributed by atoms with Crippen LogP contribution >= 0.6 is 11.6 Å². The number of aromatic amines is 1. The Labute approximate surface area is 161 Å². The Morgan fingerprint density at radius 1 is 1.22 bits per heavy atom. The number of ether oxygens (including phenoxy) is 1. The highest BCUT2D eigenvalue weighted by molar-refractivity contribution is 6.33. The zero-order chi connectivity index (χ0) is 18.9. The maximum absolute atomic E-state index is 13.1. The van der Waals surface area contributed by atoms with Crippen molar-refractivity contribution >= 4 is 23.0 Å². The molecule has 0 spiro atoms. The first kappa shape index (κ1) is 18.0. The smallest absolute Gasteiger partial charge is 0.351 e. The number of halogens is 1. The highest BCUT2D eigenvalue weighted by Crippen LogP contribution is 2.29. The number of nitrogens with one attached hydrogen (secondary N) is 2. The lowest BCUT2D eigenvalue weighted by molar-refractivity contribution is -0.514. The van der Waals surface area contributed by atoms with Gasteiger partial charge in [0.25, 0.3) is 0 Å². The number of hydrogen-bond acceptors (Lipinski definition) is 3. The van der Waals surface area contributed by atoms with E-state index in [1.165, 1.54) is 0 Å². The van der Waals surface area contributed by atoms with Crippen LogP contribution in [0.25, 0.3) is 16.8 Å². The van der Waals surface area contributed by atoms with Gasteiger partial charge in [-0.05, 0) is 37.1 Å². The molecule has 1 amide bonds. The second-order valence-corrected chi connectivity index (χ2v) is 7.20. The summed E-state index contributed by atoms with van der Waals surface area (Å²) >= 11 is 6.37. The van der Waals surface area contributed by atoms with Crippen molar-refractivity contribution in [3.05, 3.63) is 59.5 Å². The van der Waals surface area contributed by atoms with Gasteiger partial charge >= 0.3 is 11.7 Å². The van der Waals surface area contributed by atoms with Gasteiger partial charge in [-0.3, -0.25) is 4.79 Å². The van der Waals surface area contributed by atoms with Gasteiger partial charge in [-0.2, -0.15) is 4.40 Å². The number of pyridine rings is 1. The predicted octanol–water partition coefficient (Wildman–Crippen LogP) is 2.35. The van der Waals surface area contributed by atoms with Crippen LogP contribution in [0.5, 0.6) is 0 Å². The molecule has 3 heterocycles. The molecule has 3 N–H and O–H groups in total. The van der Waals surface area contributed by atoms with Crippen LogP contribution in [0.15, 0.2) is 48.7 Å². The molecule has 4 rings (SSSR count). The first-order valence-corrected chi connectivity index (χ1v) is 9.30. The van der Waals surface area contributed by atoms with Crippen LogP contribution in [0.4, 0.5) is 0 Å². The molecule has 7 heteroatoms. The van der Waals surface area contributed by atoms with Gasteiger partial charge in [-0.25, -0.2) is 4.98 Å². The largest absolute Gasteiger partial charge is 0.394 e. The normalized spacial score (nSPS) is 16.4. The molecule has 140 valence electrons. The molecule has 1 aromatic carbocycles. The molecule has 6 nitrogen and oxygen atoms in total. The van der Waals surface area contributed by atoms with E-state index in [1.54, 1.807) is 4.40 Å². The van der Waals surface area contributed by atoms with Gasteiger partial charge in [-0.15, -0.1) is 0 Å². The maximum atomic E-state index is 13.1. The Kier molecular flexibility index (Phi) is 4.86. The minimum Gasteiger partial charge on any atom is -0.394 e. The highest BCUT2D eigenvalue weighted by Gasteiger charge is 2.37. The summed E-state index contributed by atoms with van der Waals surface area (Å²) in [6, 6.07) is 13.2. The number of carbonyl (C=O) groups is 1. The molecule has 0 atom stereocenters. The zero-order valence-electron chi connectivity index (χ0n) is 14.7. The zero-order valence-corrected chi connectivity index (χ0v) is 15.5. The molecule has 2 aromatic heterocycles. The minimum atomic E-state index is -0.660. The molecule has 1 aliphatic heterocycles. The number of H-pyrrole nitrogens is 1. The van der Waals surface area contributed by atoms with E-state index in [9.17, 15) is 9.90 Å². The molecular formula is C20H21ClN3O3+. The summed E-state index contributed by atoms with van der Waals surface area (Å²) < 4.78 is 7.17. The average Bonchev–Trinajstić information content (AvgIpc) is 3.09. The summed E-state index contributed by atoms with van der Waals surface area (Å²) in [7, 11) is 0. The SMILES string of the molecule is O=C(NC1(CO)CCOCC1)c1[nH]c(-c2ccccc2Cl)c2cccc[n+]12. The number of aromatic nitrogens is 2. The number of rotatable bonds is 4. The van der Waals surface area contributed by atoms with E-state index >= 15 is 0 Å². The lowest BCUT2D eigenvalue weighted by Gasteiger charge is -2.35. The Morgan fingerprint density at radius 3 is 2.70 bits per heavy atom. The van der Waals surface area contributed by atoms with Crippen LogP contribution in [-0.4, -0.2) is 41.4 Å². The summed E-state index contributed by atoms with van der Waals surface area (Å²) in [5, 5.41) is 13.5. The van der Waals surface area contributed by atoms with E-state index in [2.05, 4.69) is 10.3 Å². The molecule has 1 fully saturated rings. The van der Waals surface area contributed by atoms with Gasteiger partial charge in [0.15, 0.2) is 11.2 Å². The summed E-state index contributed by atoms with van der Waals surface area (Å²) in [4.78, 5) is 16.3. The number of benzene rings is 1. The summed E-state index contributed by atoms with van der Waals surface area (Å²) in [5.74, 6) is 0.116. The summed E-state index contributed by atoms with van der Waals surface area (Å²) in [6.45, 7) is 0.914. The molecule has 0 bridgehead atoms. The van der Waals surface area contributed by atoms with E-state index < -0.39 is 5.54 Å². The molecule has 27 heavy (non-hydrogen) atoms. The third kappa shape index (κ3) is 3.32. The van der Waals surface area contributed by atoms with Gasteiger partial charge in [0.2, 0.25) is 0 Å². The number of nitrogens with zero attached hydrogens (tertiary/aromatic N) is 1. The summed E-state index contributed by atoms with van der Waals surface area (Å²) in [5.41, 5.74) is 1.79. The summed E-state index contributed by atoms with van der Waals surface area (Å²) in [6.07, 6.45) is 2.99. The quantitative estimate of drug-likeness (QED) is 0.602. The number of fused-ring (bicyclic) bond motifs is 1. The predicted molar refractivity (Wildman–Crippen MR) is 102 cm³/mol. The van der Waals surface area contributed by atoms with Crippen molar-refractivity contribution in [3.8, 4) is 11.3 Å². The minimum absolute atomic E-state index is 0.122. The first-order chi connectivity index (χ1) is 13.1. The lowest BCUT2D eigenvalue weighted by Crippen LogP contribution is -2.55. The van der Waals surface area contributed by atoms with Crippen LogP contribution in [-0.2, 0) is 4.74 Å². The van der Waals surface area contributed by atoms with E-state index in [1.807, 2.05) is 48.7 Å². The average molecular weight is 387 g/mol. The van der Waals surface area contributed by atoms with Gasteiger partial charge in [0, 0.05) is 18.8 Å². The van der Waals surface area contributed by atoms with Crippen molar-refractivity contribution in [2.45, 2.75) is 18.4 Å². The number of aliphatic hydroxyl groups excluding tert-OH is 1. The van der Waals surface area contributed by atoms with Crippen molar-refractivity contribution in [2.24, 2.45) is 0 Å². The Bertz CT molecular complexity index is 980. The molecule has 3 aromatic rings. The van der Waals surface area contributed by atoms with Crippen LogP contribution in [0, 0.1) is 0 Å². The second kappa shape index (κ2) is 7.31. The molecule has 0 radical (unpaired) electrons. The molecule has 0 unspecified atom stereocenters. The molecule has 0 aliphatic carbocycles. The van der Waals surface area contributed by atoms with Gasteiger partial charge in [-0.1, -0.05) is 29.8 Å². The maximum Gasteiger partial charge on any atom is 0.351 e. The molecule has 0 saturated carbocycles. The van der Waals surface area contributed by atoms with Crippen molar-refractivity contribution < 1.29 is 19.0 Å². The molecule has 1 saturated heterocycles. The fraction of sp³-hybridized carbons (Fsp3) is 0.300. The third-order valence-electron chi connectivity index (χ3n) is 5.09. The number of carbonyl (C=O) groups excluding carboxylic acids is 1. The van der Waals surface area contributed by atoms with Crippen LogP contribution in [0.2, 0.25) is 5.02 Å². The monoisotopic (exact) mass is 386 g/mol. The van der Waals surface area contributed by atoms with E-state index in [0.29, 0.717) is 36.9 Å². The topological polar surface area (TPSA) is 78.4 Å². The van der Waals surface area contributed by atoms with Gasteiger partial charge in [0.1, 0.15) is 0 Å². The van der Waals surface area contributed by atoms with Crippen molar-refractivity contribution in [1.29, 1.82) is 0 Å². The fourth-order valence-corrected chi connectivity index (χ4v) is 3.73. The van der Waals surface area contributed by atoms with Gasteiger partial charge < -0.3 is 15.2 Å². The Balaban J connectivity index is 1.76. The number of amides is 1. The van der Waals surface area contributed by atoms with Crippen LogP contribution in [0.1, 0.15) is 23.5 Å². The van der Waals surface area contributed by atoms with Crippen LogP contribution in [0.3, 0.4) is 0 Å². The number of aliphatic hydroxyl groups is 1. The third-order valence-corrected chi connectivity index (χ3v) is 5.42.